The molecule has 5 heterocycles. The number of ether oxygens (including phenoxy) is 5. The molecule has 13 rings (SSSR count). The molecule has 6 fully saturated rings. The van der Waals surface area contributed by atoms with E-state index in [4.69, 9.17) is 28.7 Å². The van der Waals surface area contributed by atoms with Crippen LogP contribution < -0.4 is 18.9 Å². The molecule has 2 aromatic rings. The molecule has 11 nitrogen and oxygen atoms in total. The molecular formula is C44H53N3O8. The first-order valence-corrected chi connectivity index (χ1v) is 21.2. The third-order valence-electron chi connectivity index (χ3n) is 17.3. The Hall–Kier alpha value is -2.93. The smallest absolute Gasteiger partial charge is 0.181 e. The monoisotopic (exact) mass is 751 g/mol. The van der Waals surface area contributed by atoms with Crippen LogP contribution in [0.25, 0.3) is 0 Å². The lowest BCUT2D eigenvalue weighted by atomic mass is 9.46. The highest BCUT2D eigenvalue weighted by molar-refractivity contribution is 5.76. The van der Waals surface area contributed by atoms with Crippen LogP contribution in [0.2, 0.25) is 0 Å². The van der Waals surface area contributed by atoms with Gasteiger partial charge in [-0.3, -0.25) is 14.8 Å². The van der Waals surface area contributed by atoms with Crippen molar-refractivity contribution in [3.05, 3.63) is 46.5 Å². The summed E-state index contributed by atoms with van der Waals surface area (Å²) in [7, 11) is 3.34. The minimum absolute atomic E-state index is 0.00909. The number of aliphatic hydroxyl groups is 3. The maximum Gasteiger partial charge on any atom is 0.181 e. The molecule has 6 aliphatic carbocycles. The van der Waals surface area contributed by atoms with E-state index in [1.807, 2.05) is 18.3 Å². The van der Waals surface area contributed by atoms with Crippen molar-refractivity contribution in [1.82, 2.24) is 9.80 Å². The van der Waals surface area contributed by atoms with Gasteiger partial charge in [-0.1, -0.05) is 12.1 Å². The zero-order valence-electron chi connectivity index (χ0n) is 32.0. The molecule has 0 amide bonds. The molecule has 11 heteroatoms. The summed E-state index contributed by atoms with van der Waals surface area (Å²) in [5.41, 5.74) is -1.68. The van der Waals surface area contributed by atoms with Crippen LogP contribution in [0.1, 0.15) is 86.5 Å². The Morgan fingerprint density at radius 3 is 1.76 bits per heavy atom. The Balaban J connectivity index is 0.898. The van der Waals surface area contributed by atoms with Crippen LogP contribution in [0.3, 0.4) is 0 Å². The van der Waals surface area contributed by atoms with Gasteiger partial charge < -0.3 is 39.0 Å². The number of benzene rings is 2. The first-order valence-electron chi connectivity index (χ1n) is 21.2. The predicted molar refractivity (Wildman–Crippen MR) is 200 cm³/mol. The summed E-state index contributed by atoms with van der Waals surface area (Å²) in [5, 5.41) is 39.8. The molecule has 3 spiro atoms. The zero-order valence-corrected chi connectivity index (χ0v) is 32.0. The summed E-state index contributed by atoms with van der Waals surface area (Å²) in [6.45, 7) is 3.78. The van der Waals surface area contributed by atoms with Gasteiger partial charge in [0.05, 0.1) is 36.3 Å². The van der Waals surface area contributed by atoms with Gasteiger partial charge in [-0.05, 0) is 125 Å². The number of hydrogen-bond acceptors (Lipinski definition) is 11. The zero-order chi connectivity index (χ0) is 36.9. The molecular weight excluding hydrogens is 698 g/mol. The molecule has 292 valence electrons. The second kappa shape index (κ2) is 10.4. The van der Waals surface area contributed by atoms with Gasteiger partial charge in [0.2, 0.25) is 0 Å². The van der Waals surface area contributed by atoms with Gasteiger partial charge >= 0.3 is 0 Å². The highest BCUT2D eigenvalue weighted by atomic mass is 16.6. The van der Waals surface area contributed by atoms with E-state index in [-0.39, 0.29) is 18.5 Å². The first kappa shape index (κ1) is 33.1. The van der Waals surface area contributed by atoms with E-state index in [0.717, 1.165) is 68.2 Å². The number of rotatable bonds is 7. The summed E-state index contributed by atoms with van der Waals surface area (Å²) in [5.74, 6) is 4.11. The molecule has 11 aliphatic rings. The van der Waals surface area contributed by atoms with Crippen molar-refractivity contribution >= 4 is 6.21 Å². The molecule has 0 unspecified atom stereocenters. The highest BCUT2D eigenvalue weighted by Crippen LogP contribution is 2.71. The second-order valence-electron chi connectivity index (χ2n) is 19.6. The molecule has 0 radical (unpaired) electrons. The minimum Gasteiger partial charge on any atom is -0.493 e. The number of nitrogens with zero attached hydrogens (tertiary/aromatic N) is 3. The Labute approximate surface area is 321 Å². The van der Waals surface area contributed by atoms with Gasteiger partial charge in [0.25, 0.3) is 0 Å². The normalized spacial score (nSPS) is 46.6. The lowest BCUT2D eigenvalue weighted by Gasteiger charge is -2.66. The maximum absolute atomic E-state index is 13.4. The molecule has 2 saturated heterocycles. The van der Waals surface area contributed by atoms with E-state index in [0.29, 0.717) is 48.8 Å². The van der Waals surface area contributed by atoms with Crippen LogP contribution in [0, 0.1) is 11.8 Å². The Kier molecular flexibility index (Phi) is 6.24. The van der Waals surface area contributed by atoms with E-state index in [1.54, 1.807) is 14.2 Å². The molecule has 3 N–H and O–H groups in total. The standard InChI is InChI=1S/C44H53N3O8/c1-51-28-9-7-26-19-30-43(49)13-11-39(36-40(43,32(26)34(28)53-36)15-17-46(30)21-24-3-4-24)23-45-38(55-39)42(48)12-14-44(50)31-20-27-8-10-29(52-2)35-33(27)41(44,37(42)54-35)16-18-47(31)22-25-5-6-25/h7-10,23-25,30-31,36-38,48-50H,3-6,11-22H2,1-2H3/t30-,31-,36+,37-,38-,39-,40+,41+,42+,43-,44-/m1/s1. The summed E-state index contributed by atoms with van der Waals surface area (Å²) < 4.78 is 33.3. The molecule has 2 aromatic carbocycles. The number of aliphatic imine (C=N–C) groups is 1. The molecule has 5 aliphatic heterocycles. The van der Waals surface area contributed by atoms with E-state index in [2.05, 4.69) is 21.9 Å². The average Bonchev–Trinajstić information content (AvgIpc) is 4.07. The average molecular weight is 752 g/mol. The van der Waals surface area contributed by atoms with Gasteiger partial charge in [0.1, 0.15) is 23.4 Å². The van der Waals surface area contributed by atoms with E-state index >= 15 is 0 Å². The molecule has 4 saturated carbocycles. The largest absolute Gasteiger partial charge is 0.493 e. The van der Waals surface area contributed by atoms with Gasteiger partial charge in [0, 0.05) is 42.5 Å². The highest BCUT2D eigenvalue weighted by Gasteiger charge is 2.80. The topological polar surface area (TPSA) is 126 Å². The SMILES string of the molecule is COc1ccc2c3c1O[C@@H]1[C@]34CCN(CC3CC3)[C@H](C2)[C@]4(O)CC[C@@]12C=N[C@@H]([C@]1(O)CC[C@@]3(O)[C@H]4Cc5ccc(OC)c6c5[C@@]3(CCN4CC3CC3)[C@H]1O6)O2. The lowest BCUT2D eigenvalue weighted by molar-refractivity contribution is -0.280. The van der Waals surface area contributed by atoms with Crippen LogP contribution in [0.4, 0.5) is 0 Å². The van der Waals surface area contributed by atoms with Crippen LogP contribution in [0.5, 0.6) is 23.0 Å². The molecule has 0 aromatic heterocycles. The maximum atomic E-state index is 13.4. The van der Waals surface area contributed by atoms with Crippen molar-refractivity contribution in [2.45, 2.75) is 141 Å². The predicted octanol–water partition coefficient (Wildman–Crippen LogP) is 3.43. The first-order chi connectivity index (χ1) is 26.6. The van der Waals surface area contributed by atoms with E-state index in [9.17, 15) is 15.3 Å². The van der Waals surface area contributed by atoms with Crippen molar-refractivity contribution in [3.63, 3.8) is 0 Å². The minimum atomic E-state index is -1.55. The molecule has 55 heavy (non-hydrogen) atoms. The molecule has 4 bridgehead atoms. The quantitative estimate of drug-likeness (QED) is 0.388. The van der Waals surface area contributed by atoms with Crippen molar-refractivity contribution in [2.24, 2.45) is 16.8 Å². The van der Waals surface area contributed by atoms with Crippen LogP contribution in [0.15, 0.2) is 29.3 Å². The number of piperidine rings is 2. The van der Waals surface area contributed by atoms with Crippen molar-refractivity contribution in [1.29, 1.82) is 0 Å². The van der Waals surface area contributed by atoms with Gasteiger partial charge in [-0.25, -0.2) is 0 Å². The second-order valence-corrected chi connectivity index (χ2v) is 19.6. The summed E-state index contributed by atoms with van der Waals surface area (Å²) >= 11 is 0. The fourth-order valence-electron chi connectivity index (χ4n) is 14.5. The van der Waals surface area contributed by atoms with E-state index < -0.39 is 51.7 Å². The summed E-state index contributed by atoms with van der Waals surface area (Å²) in [6.07, 6.45) is 9.41. The number of likely N-dealkylation sites (tertiary alicyclic amines) is 2. The fourth-order valence-corrected chi connectivity index (χ4v) is 14.5. The van der Waals surface area contributed by atoms with Crippen LogP contribution in [-0.2, 0) is 28.4 Å². The Morgan fingerprint density at radius 2 is 1.22 bits per heavy atom. The number of fused-ring (bicyclic) bond motifs is 1. The summed E-state index contributed by atoms with van der Waals surface area (Å²) in [4.78, 5) is 10.3. The van der Waals surface area contributed by atoms with E-state index in [1.165, 1.54) is 36.8 Å². The molecule has 11 atom stereocenters. The fraction of sp³-hybridized carbons (Fsp3) is 0.705. The third kappa shape index (κ3) is 3.71. The van der Waals surface area contributed by atoms with Crippen LogP contribution >= 0.6 is 0 Å². The van der Waals surface area contributed by atoms with Gasteiger partial charge in [-0.2, -0.15) is 0 Å². The van der Waals surface area contributed by atoms with Gasteiger partial charge in [-0.15, -0.1) is 0 Å². The van der Waals surface area contributed by atoms with Gasteiger partial charge in [0.15, 0.2) is 29.2 Å². The summed E-state index contributed by atoms with van der Waals surface area (Å²) in [6, 6.07) is 8.27. The van der Waals surface area contributed by atoms with Crippen LogP contribution in [-0.4, -0.2) is 125 Å². The Bertz CT molecular complexity index is 2070. The third-order valence-corrected chi connectivity index (χ3v) is 17.3. The van der Waals surface area contributed by atoms with Crippen molar-refractivity contribution in [3.8, 4) is 23.0 Å². The Morgan fingerprint density at radius 1 is 0.691 bits per heavy atom. The number of methoxy groups -OCH3 is 2. The van der Waals surface area contributed by atoms with Crippen molar-refractivity contribution in [2.75, 3.05) is 40.4 Å². The lowest BCUT2D eigenvalue weighted by Crippen LogP contribution is -2.81. The number of hydrogen-bond donors (Lipinski definition) is 3. The van der Waals surface area contributed by atoms with Crippen molar-refractivity contribution < 1.29 is 39.0 Å².